The first-order valence-corrected chi connectivity index (χ1v) is 11.0. The molecular formula is C26H16BrFN2O4. The molecule has 168 valence electrons. The first-order valence-electron chi connectivity index (χ1n) is 10.2. The molecule has 0 amide bonds. The molecule has 2 N–H and O–H groups in total. The van der Waals surface area contributed by atoms with Crippen LogP contribution in [0.4, 0.5) is 4.39 Å². The highest BCUT2D eigenvalue weighted by Crippen LogP contribution is 2.44. The molecule has 1 aliphatic heterocycles. The Morgan fingerprint density at radius 2 is 1.94 bits per heavy atom. The molecule has 34 heavy (non-hydrogen) atoms. The van der Waals surface area contributed by atoms with Gasteiger partial charge < -0.3 is 19.6 Å². The molecule has 0 fully saturated rings. The van der Waals surface area contributed by atoms with E-state index in [2.05, 4.69) is 15.9 Å². The van der Waals surface area contributed by atoms with Crippen molar-refractivity contribution in [2.75, 3.05) is 0 Å². The lowest BCUT2D eigenvalue weighted by Crippen LogP contribution is -2.21. The number of fused-ring (bicyclic) bond motifs is 2. The summed E-state index contributed by atoms with van der Waals surface area (Å²) in [7, 11) is 0. The zero-order valence-electron chi connectivity index (χ0n) is 17.8. The van der Waals surface area contributed by atoms with Gasteiger partial charge in [0.15, 0.2) is 0 Å². The van der Waals surface area contributed by atoms with Crippen LogP contribution in [-0.4, -0.2) is 5.97 Å². The van der Waals surface area contributed by atoms with Gasteiger partial charge in [0.2, 0.25) is 11.6 Å². The van der Waals surface area contributed by atoms with Crippen molar-refractivity contribution in [2.24, 2.45) is 5.73 Å². The fraction of sp³-hybridized carbons (Fsp3) is 0.0769. The third-order valence-electron chi connectivity index (χ3n) is 5.70. The summed E-state index contributed by atoms with van der Waals surface area (Å²) in [6.45, 7) is 1.78. The monoisotopic (exact) mass is 518 g/mol. The molecule has 1 unspecified atom stereocenters. The van der Waals surface area contributed by atoms with Crippen LogP contribution in [0, 0.1) is 24.1 Å². The molecule has 0 aliphatic carbocycles. The second-order valence-electron chi connectivity index (χ2n) is 7.73. The van der Waals surface area contributed by atoms with E-state index in [1.165, 1.54) is 12.1 Å². The molecule has 0 spiro atoms. The summed E-state index contributed by atoms with van der Waals surface area (Å²) in [5.41, 5.74) is 8.13. The van der Waals surface area contributed by atoms with Crippen LogP contribution in [0.5, 0.6) is 11.5 Å². The lowest BCUT2D eigenvalue weighted by molar-refractivity contribution is 0.0702. The van der Waals surface area contributed by atoms with Gasteiger partial charge in [-0.3, -0.25) is 0 Å². The fourth-order valence-electron chi connectivity index (χ4n) is 4.07. The maximum absolute atomic E-state index is 14.6. The minimum absolute atomic E-state index is 0.0853. The van der Waals surface area contributed by atoms with Crippen LogP contribution in [0.25, 0.3) is 11.0 Å². The first-order chi connectivity index (χ1) is 16.4. The molecule has 3 aromatic carbocycles. The van der Waals surface area contributed by atoms with Gasteiger partial charge in [-0.05, 0) is 37.3 Å². The molecule has 1 aromatic heterocycles. The van der Waals surface area contributed by atoms with Gasteiger partial charge in [-0.2, -0.15) is 5.26 Å². The van der Waals surface area contributed by atoms with E-state index in [0.717, 1.165) is 9.86 Å². The number of hydrogen-bond donors (Lipinski definition) is 1. The van der Waals surface area contributed by atoms with Gasteiger partial charge in [-0.25, -0.2) is 9.18 Å². The minimum atomic E-state index is -0.754. The fourth-order valence-corrected chi connectivity index (χ4v) is 4.43. The standard InChI is InChI=1S/C26H16BrFN2O4/c1-13-18-10-14(27)6-9-21(18)33-24(13)26(31)32-15-7-8-17-22(11-15)34-25(30)19(12-29)23(17)16-4-2-3-5-20(16)28/h2-11,23H,30H2,1H3. The zero-order valence-corrected chi connectivity index (χ0v) is 19.4. The zero-order chi connectivity index (χ0) is 24.0. The van der Waals surface area contributed by atoms with Crippen molar-refractivity contribution in [3.05, 3.63) is 105 Å². The summed E-state index contributed by atoms with van der Waals surface area (Å²) >= 11 is 3.41. The number of halogens is 2. The lowest BCUT2D eigenvalue weighted by atomic mass is 9.83. The van der Waals surface area contributed by atoms with Gasteiger partial charge in [0.25, 0.3) is 0 Å². The van der Waals surface area contributed by atoms with Gasteiger partial charge in [0, 0.05) is 32.6 Å². The number of rotatable bonds is 3. The van der Waals surface area contributed by atoms with Gasteiger partial charge in [-0.1, -0.05) is 40.2 Å². The summed E-state index contributed by atoms with van der Waals surface area (Å²) in [5, 5.41) is 10.4. The normalized spacial score (nSPS) is 14.9. The molecule has 8 heteroatoms. The molecule has 1 aliphatic rings. The number of ether oxygens (including phenoxy) is 2. The lowest BCUT2D eigenvalue weighted by Gasteiger charge is -2.26. The minimum Gasteiger partial charge on any atom is -0.449 e. The van der Waals surface area contributed by atoms with Crippen molar-refractivity contribution in [3.8, 4) is 17.6 Å². The van der Waals surface area contributed by atoms with Crippen LogP contribution in [0.3, 0.4) is 0 Å². The first kappa shape index (κ1) is 21.7. The average Bonchev–Trinajstić information content (AvgIpc) is 3.14. The summed E-state index contributed by atoms with van der Waals surface area (Å²) < 4.78 is 32.3. The topological polar surface area (TPSA) is 98.5 Å². The number of benzene rings is 3. The second-order valence-corrected chi connectivity index (χ2v) is 8.65. The third-order valence-corrected chi connectivity index (χ3v) is 6.19. The summed E-state index contributed by atoms with van der Waals surface area (Å²) in [6.07, 6.45) is 0. The molecule has 4 aromatic rings. The number of furan rings is 1. The van der Waals surface area contributed by atoms with E-state index in [1.54, 1.807) is 43.3 Å². The highest BCUT2D eigenvalue weighted by Gasteiger charge is 2.33. The van der Waals surface area contributed by atoms with Crippen molar-refractivity contribution in [3.63, 3.8) is 0 Å². The largest absolute Gasteiger partial charge is 0.449 e. The van der Waals surface area contributed by atoms with Gasteiger partial charge >= 0.3 is 5.97 Å². The molecule has 1 atom stereocenters. The molecular weight excluding hydrogens is 503 g/mol. The van der Waals surface area contributed by atoms with E-state index in [1.807, 2.05) is 18.2 Å². The number of nitrogens with zero attached hydrogens (tertiary/aromatic N) is 1. The van der Waals surface area contributed by atoms with Crippen LogP contribution in [0.15, 0.2) is 81.0 Å². The molecule has 0 radical (unpaired) electrons. The maximum Gasteiger partial charge on any atom is 0.379 e. The number of allylic oxidation sites excluding steroid dienone is 1. The predicted molar refractivity (Wildman–Crippen MR) is 126 cm³/mol. The number of aryl methyl sites for hydroxylation is 1. The van der Waals surface area contributed by atoms with Crippen molar-refractivity contribution in [2.45, 2.75) is 12.8 Å². The van der Waals surface area contributed by atoms with Crippen molar-refractivity contribution in [1.82, 2.24) is 0 Å². The summed E-state index contributed by atoms with van der Waals surface area (Å²) in [4.78, 5) is 12.9. The highest BCUT2D eigenvalue weighted by molar-refractivity contribution is 9.10. The molecule has 6 nitrogen and oxygen atoms in total. The molecule has 0 saturated heterocycles. The summed E-state index contributed by atoms with van der Waals surface area (Å²) in [5.74, 6) is -1.50. The van der Waals surface area contributed by atoms with Crippen LogP contribution < -0.4 is 15.2 Å². The maximum atomic E-state index is 14.6. The van der Waals surface area contributed by atoms with Gasteiger partial charge in [0.05, 0.1) is 5.92 Å². The Morgan fingerprint density at radius 3 is 2.71 bits per heavy atom. The van der Waals surface area contributed by atoms with E-state index in [9.17, 15) is 14.4 Å². The van der Waals surface area contributed by atoms with Gasteiger partial charge in [0.1, 0.15) is 34.5 Å². The Balaban J connectivity index is 1.50. The van der Waals surface area contributed by atoms with Crippen LogP contribution in [0.1, 0.15) is 33.2 Å². The van der Waals surface area contributed by atoms with Crippen molar-refractivity contribution >= 4 is 32.9 Å². The molecule has 5 rings (SSSR count). The number of carbonyl (C=O) groups excluding carboxylic acids is 1. The third kappa shape index (κ3) is 3.60. The van der Waals surface area contributed by atoms with E-state index >= 15 is 0 Å². The summed E-state index contributed by atoms with van der Waals surface area (Å²) in [6, 6.07) is 18.3. The van der Waals surface area contributed by atoms with E-state index < -0.39 is 17.7 Å². The number of nitrogens with two attached hydrogens (primary N) is 1. The highest BCUT2D eigenvalue weighted by atomic mass is 79.9. The molecule has 2 heterocycles. The van der Waals surface area contributed by atoms with Crippen LogP contribution in [-0.2, 0) is 0 Å². The Labute approximate surface area is 202 Å². The predicted octanol–water partition coefficient (Wildman–Crippen LogP) is 6.08. The smallest absolute Gasteiger partial charge is 0.379 e. The van der Waals surface area contributed by atoms with E-state index in [4.69, 9.17) is 19.6 Å². The van der Waals surface area contributed by atoms with Crippen molar-refractivity contribution < 1.29 is 23.1 Å². The number of carbonyl (C=O) groups is 1. The molecule has 0 saturated carbocycles. The second kappa shape index (κ2) is 8.36. The quantitative estimate of drug-likeness (QED) is 0.260. The van der Waals surface area contributed by atoms with E-state index in [0.29, 0.717) is 22.3 Å². The average molecular weight is 519 g/mol. The van der Waals surface area contributed by atoms with Crippen LogP contribution >= 0.6 is 15.9 Å². The van der Waals surface area contributed by atoms with Crippen molar-refractivity contribution in [1.29, 1.82) is 5.26 Å². The van der Waals surface area contributed by atoms with Gasteiger partial charge in [-0.15, -0.1) is 0 Å². The van der Waals surface area contributed by atoms with E-state index in [-0.39, 0.29) is 28.7 Å². The number of hydrogen-bond acceptors (Lipinski definition) is 6. The Hall–Kier alpha value is -4.09. The Kier molecular flexibility index (Phi) is 5.34. The Bertz CT molecular complexity index is 1550. The molecule has 0 bridgehead atoms. The number of nitriles is 1. The van der Waals surface area contributed by atoms with Crippen LogP contribution in [0.2, 0.25) is 0 Å². The Morgan fingerprint density at radius 1 is 1.15 bits per heavy atom. The SMILES string of the molecule is Cc1c(C(=O)Oc2ccc3c(c2)OC(N)=C(C#N)C3c2ccccc2F)oc2ccc(Br)cc12. The number of esters is 1.